The maximum absolute atomic E-state index is 12.6. The fraction of sp³-hybridized carbons (Fsp3) is 0.643. The van der Waals surface area contributed by atoms with Crippen molar-refractivity contribution >= 4 is 24.1 Å². The summed E-state index contributed by atoms with van der Waals surface area (Å²) in [5.74, 6) is -1.29. The number of esters is 3. The molecule has 38 heavy (non-hydrogen) atoms. The van der Waals surface area contributed by atoms with Gasteiger partial charge in [0.15, 0.2) is 11.5 Å². The van der Waals surface area contributed by atoms with Crippen molar-refractivity contribution in [2.24, 2.45) is 17.6 Å². The molecule has 1 rings (SSSR count). The van der Waals surface area contributed by atoms with Crippen molar-refractivity contribution in [1.29, 1.82) is 0 Å². The van der Waals surface area contributed by atoms with Gasteiger partial charge in [-0.1, -0.05) is 33.8 Å². The van der Waals surface area contributed by atoms with Crippen LogP contribution in [0.5, 0.6) is 11.5 Å². The third kappa shape index (κ3) is 12.9. The molecule has 0 aliphatic rings. The SMILES string of the molecule is CC(C)CC(=O)Oc1ccc(C[C@H](N)C(=O)O[C@@H](C)C(C)OC(=O)OC(C)(C)C)cc1OC(=O)CC(C)C. The highest BCUT2D eigenvalue weighted by molar-refractivity contribution is 5.77. The Bertz CT molecular complexity index is 966. The molecule has 0 aromatic heterocycles. The van der Waals surface area contributed by atoms with Gasteiger partial charge in [0.25, 0.3) is 0 Å². The highest BCUT2D eigenvalue weighted by atomic mass is 16.7. The first-order valence-electron chi connectivity index (χ1n) is 12.9. The summed E-state index contributed by atoms with van der Waals surface area (Å²) in [4.78, 5) is 49.0. The first kappa shape index (κ1) is 32.9. The van der Waals surface area contributed by atoms with Gasteiger partial charge in [-0.25, -0.2) is 4.79 Å². The van der Waals surface area contributed by atoms with Crippen molar-refractivity contribution in [2.75, 3.05) is 0 Å². The number of hydrogen-bond donors (Lipinski definition) is 1. The van der Waals surface area contributed by atoms with Gasteiger partial charge in [-0.2, -0.15) is 0 Å². The van der Waals surface area contributed by atoms with Crippen LogP contribution in [0, 0.1) is 11.8 Å². The molecule has 1 aromatic rings. The fourth-order valence-corrected chi connectivity index (χ4v) is 3.06. The minimum atomic E-state index is -1.06. The van der Waals surface area contributed by atoms with E-state index in [9.17, 15) is 19.2 Å². The molecule has 0 spiro atoms. The van der Waals surface area contributed by atoms with E-state index in [-0.39, 0.29) is 42.6 Å². The third-order valence-corrected chi connectivity index (χ3v) is 5.00. The van der Waals surface area contributed by atoms with Gasteiger partial charge in [-0.05, 0) is 70.6 Å². The van der Waals surface area contributed by atoms with Gasteiger partial charge >= 0.3 is 24.1 Å². The summed E-state index contributed by atoms with van der Waals surface area (Å²) in [6, 6.07) is 3.59. The van der Waals surface area contributed by atoms with E-state index in [1.807, 2.05) is 27.7 Å². The quantitative estimate of drug-likeness (QED) is 0.294. The molecular weight excluding hydrogens is 494 g/mol. The van der Waals surface area contributed by atoms with Crippen LogP contribution in [0.2, 0.25) is 0 Å². The Labute approximate surface area is 225 Å². The Hall–Kier alpha value is -3.14. The minimum Gasteiger partial charge on any atom is -0.458 e. The third-order valence-electron chi connectivity index (χ3n) is 5.00. The maximum Gasteiger partial charge on any atom is 0.509 e. The Balaban J connectivity index is 2.91. The molecule has 0 fully saturated rings. The molecule has 0 heterocycles. The van der Waals surface area contributed by atoms with Gasteiger partial charge in [-0.15, -0.1) is 0 Å². The zero-order valence-corrected chi connectivity index (χ0v) is 24.0. The van der Waals surface area contributed by atoms with Gasteiger partial charge in [0.2, 0.25) is 0 Å². The molecule has 10 heteroatoms. The highest BCUT2D eigenvalue weighted by Gasteiger charge is 2.27. The smallest absolute Gasteiger partial charge is 0.458 e. The first-order chi connectivity index (χ1) is 17.5. The second kappa shape index (κ2) is 14.7. The summed E-state index contributed by atoms with van der Waals surface area (Å²) >= 11 is 0. The molecule has 0 saturated carbocycles. The van der Waals surface area contributed by atoms with E-state index in [0.29, 0.717) is 5.56 Å². The van der Waals surface area contributed by atoms with Crippen LogP contribution < -0.4 is 15.2 Å². The normalized spacial score (nSPS) is 13.9. The standard InChI is InChI=1S/C28H43NO9/c1-16(2)12-24(30)36-22-11-10-20(15-23(22)37-25(31)13-17(3)4)14-21(29)26(32)34-18(5)19(6)35-27(33)38-28(7,8)9/h10-11,15-19,21H,12-14,29H2,1-9H3/t18-,19?,21-/m0/s1. The maximum atomic E-state index is 12.6. The molecule has 0 bridgehead atoms. The molecule has 0 saturated heterocycles. The van der Waals surface area contributed by atoms with E-state index in [0.717, 1.165) is 0 Å². The summed E-state index contributed by atoms with van der Waals surface area (Å²) in [5.41, 5.74) is 5.92. The van der Waals surface area contributed by atoms with E-state index in [1.165, 1.54) is 12.1 Å². The average molecular weight is 538 g/mol. The lowest BCUT2D eigenvalue weighted by molar-refractivity contribution is -0.156. The molecular formula is C28H43NO9. The topological polar surface area (TPSA) is 140 Å². The predicted octanol–water partition coefficient (Wildman–Crippen LogP) is 4.73. The number of carbonyl (C=O) groups excluding carboxylic acids is 4. The monoisotopic (exact) mass is 537 g/mol. The van der Waals surface area contributed by atoms with Gasteiger partial charge < -0.3 is 29.4 Å². The number of hydrogen-bond acceptors (Lipinski definition) is 10. The summed E-state index contributed by atoms with van der Waals surface area (Å²) in [7, 11) is 0. The molecule has 3 atom stereocenters. The highest BCUT2D eigenvalue weighted by Crippen LogP contribution is 2.30. The molecule has 0 radical (unpaired) electrons. The van der Waals surface area contributed by atoms with E-state index in [2.05, 4.69) is 0 Å². The Morgan fingerprint density at radius 1 is 0.789 bits per heavy atom. The van der Waals surface area contributed by atoms with Crippen LogP contribution in [0.15, 0.2) is 18.2 Å². The molecule has 1 aromatic carbocycles. The molecule has 0 aliphatic heterocycles. The molecule has 2 N–H and O–H groups in total. The van der Waals surface area contributed by atoms with Gasteiger partial charge in [0.1, 0.15) is 23.9 Å². The van der Waals surface area contributed by atoms with Crippen molar-refractivity contribution in [3.8, 4) is 11.5 Å². The number of carbonyl (C=O) groups is 4. The molecule has 1 unspecified atom stereocenters. The predicted molar refractivity (Wildman–Crippen MR) is 141 cm³/mol. The van der Waals surface area contributed by atoms with Crippen LogP contribution >= 0.6 is 0 Å². The Kier molecular flexibility index (Phi) is 12.7. The fourth-order valence-electron chi connectivity index (χ4n) is 3.06. The van der Waals surface area contributed by atoms with Crippen molar-refractivity contribution in [2.45, 2.75) is 105 Å². The Morgan fingerprint density at radius 2 is 1.29 bits per heavy atom. The van der Waals surface area contributed by atoms with Gasteiger partial charge in [-0.3, -0.25) is 14.4 Å². The van der Waals surface area contributed by atoms with E-state index in [1.54, 1.807) is 40.7 Å². The second-order valence-corrected chi connectivity index (χ2v) is 11.2. The molecule has 0 aliphatic carbocycles. The van der Waals surface area contributed by atoms with Crippen LogP contribution in [-0.4, -0.2) is 47.9 Å². The lowest BCUT2D eigenvalue weighted by Crippen LogP contribution is -2.40. The van der Waals surface area contributed by atoms with Crippen molar-refractivity contribution in [3.05, 3.63) is 23.8 Å². The number of rotatable bonds is 12. The largest absolute Gasteiger partial charge is 0.509 e. The minimum absolute atomic E-state index is 0.0573. The summed E-state index contributed by atoms with van der Waals surface area (Å²) in [5, 5.41) is 0. The van der Waals surface area contributed by atoms with Crippen molar-refractivity contribution in [3.63, 3.8) is 0 Å². The van der Waals surface area contributed by atoms with E-state index >= 15 is 0 Å². The van der Waals surface area contributed by atoms with Gasteiger partial charge in [0.05, 0.1) is 0 Å². The van der Waals surface area contributed by atoms with Crippen LogP contribution in [-0.2, 0) is 35.0 Å². The van der Waals surface area contributed by atoms with E-state index < -0.39 is 47.9 Å². The molecule has 214 valence electrons. The molecule has 0 amide bonds. The van der Waals surface area contributed by atoms with Crippen LogP contribution in [0.1, 0.15) is 80.7 Å². The number of nitrogens with two attached hydrogens (primary N) is 1. The van der Waals surface area contributed by atoms with E-state index in [4.69, 9.17) is 29.4 Å². The zero-order valence-electron chi connectivity index (χ0n) is 24.0. The summed E-state index contributed by atoms with van der Waals surface area (Å²) < 4.78 is 26.6. The Morgan fingerprint density at radius 3 is 1.79 bits per heavy atom. The second-order valence-electron chi connectivity index (χ2n) is 11.2. The average Bonchev–Trinajstić information content (AvgIpc) is 2.72. The zero-order chi connectivity index (χ0) is 29.2. The molecule has 10 nitrogen and oxygen atoms in total. The van der Waals surface area contributed by atoms with Crippen LogP contribution in [0.3, 0.4) is 0 Å². The van der Waals surface area contributed by atoms with Crippen molar-refractivity contribution < 1.29 is 42.9 Å². The summed E-state index contributed by atoms with van der Waals surface area (Å²) in [6.07, 6.45) is -1.99. The number of benzene rings is 1. The van der Waals surface area contributed by atoms with Crippen molar-refractivity contribution in [1.82, 2.24) is 0 Å². The lowest BCUT2D eigenvalue weighted by atomic mass is 10.1. The summed E-state index contributed by atoms with van der Waals surface area (Å²) in [6.45, 7) is 15.8. The van der Waals surface area contributed by atoms with Crippen LogP contribution in [0.25, 0.3) is 0 Å². The van der Waals surface area contributed by atoms with Gasteiger partial charge in [0, 0.05) is 12.8 Å². The van der Waals surface area contributed by atoms with Crippen LogP contribution in [0.4, 0.5) is 4.79 Å². The lowest BCUT2D eigenvalue weighted by Gasteiger charge is -2.24. The first-order valence-corrected chi connectivity index (χ1v) is 12.9. The number of ether oxygens (including phenoxy) is 5.